The van der Waals surface area contributed by atoms with Crippen molar-refractivity contribution in [2.75, 3.05) is 6.61 Å². The average molecular weight is 535 g/mol. The number of carbonyl (C=O) groups is 4. The van der Waals surface area contributed by atoms with E-state index >= 15 is 0 Å². The molecule has 0 aliphatic carbocycles. The Morgan fingerprint density at radius 1 is 0.579 bits per heavy atom. The predicted molar refractivity (Wildman–Crippen MR) is 146 cm³/mol. The standard InChI is InChI=1S/C30H46O8/c1-5-9-12-15-18-21(31)24-26(30(36)37-8-4)25(22(32)19-16-13-10-6-2)29(28(35)27(24)34)38-23(33)20-17-14-11-7-3/h34-35H,5-20H2,1-4H3. The summed E-state index contributed by atoms with van der Waals surface area (Å²) in [5.41, 5.74) is -1.29. The van der Waals surface area contributed by atoms with E-state index in [9.17, 15) is 29.4 Å². The molecule has 1 aromatic carbocycles. The van der Waals surface area contributed by atoms with Crippen LogP contribution < -0.4 is 4.74 Å². The summed E-state index contributed by atoms with van der Waals surface area (Å²) in [6.07, 6.45) is 9.71. The minimum Gasteiger partial charge on any atom is -0.504 e. The molecule has 0 aromatic heterocycles. The lowest BCUT2D eigenvalue weighted by atomic mass is 9.89. The third-order valence-electron chi connectivity index (χ3n) is 6.41. The predicted octanol–water partition coefficient (Wildman–Crippen LogP) is 7.46. The van der Waals surface area contributed by atoms with Crippen LogP contribution in [0.15, 0.2) is 0 Å². The number of benzene rings is 1. The van der Waals surface area contributed by atoms with Crippen molar-refractivity contribution in [1.82, 2.24) is 0 Å². The number of Topliss-reactive ketones (excluding diaryl/α,β-unsaturated/α-hetero) is 2. The van der Waals surface area contributed by atoms with Gasteiger partial charge in [0.1, 0.15) is 0 Å². The second-order valence-electron chi connectivity index (χ2n) is 9.62. The number of ketones is 2. The smallest absolute Gasteiger partial charge is 0.339 e. The molecule has 0 heterocycles. The molecule has 1 aromatic rings. The summed E-state index contributed by atoms with van der Waals surface area (Å²) in [5.74, 6) is -5.21. The number of rotatable bonds is 20. The summed E-state index contributed by atoms with van der Waals surface area (Å²) in [7, 11) is 0. The zero-order chi connectivity index (χ0) is 28.5. The molecular formula is C30H46O8. The Bertz CT molecular complexity index is 935. The van der Waals surface area contributed by atoms with Crippen LogP contribution in [0.5, 0.6) is 17.2 Å². The average Bonchev–Trinajstić information content (AvgIpc) is 2.89. The molecule has 0 amide bonds. The zero-order valence-electron chi connectivity index (χ0n) is 23.7. The topological polar surface area (TPSA) is 127 Å². The Balaban J connectivity index is 3.63. The minimum atomic E-state index is -0.989. The summed E-state index contributed by atoms with van der Waals surface area (Å²) < 4.78 is 10.6. The van der Waals surface area contributed by atoms with Gasteiger partial charge in [0.2, 0.25) is 5.75 Å². The molecule has 0 aliphatic rings. The Labute approximate surface area is 227 Å². The van der Waals surface area contributed by atoms with E-state index in [0.29, 0.717) is 19.3 Å². The van der Waals surface area contributed by atoms with Gasteiger partial charge in [-0.15, -0.1) is 0 Å². The van der Waals surface area contributed by atoms with Crippen molar-refractivity contribution in [3.8, 4) is 17.2 Å². The van der Waals surface area contributed by atoms with Gasteiger partial charge in [-0.05, 0) is 26.2 Å². The number of unbranched alkanes of at least 4 members (excludes halogenated alkanes) is 9. The summed E-state index contributed by atoms with van der Waals surface area (Å²) >= 11 is 0. The highest BCUT2D eigenvalue weighted by molar-refractivity contribution is 6.17. The molecule has 0 spiro atoms. The molecule has 2 N–H and O–H groups in total. The Morgan fingerprint density at radius 2 is 1.05 bits per heavy atom. The summed E-state index contributed by atoms with van der Waals surface area (Å²) in [4.78, 5) is 52.5. The molecule has 1 rings (SSSR count). The van der Waals surface area contributed by atoms with Crippen LogP contribution in [-0.4, -0.2) is 40.3 Å². The summed E-state index contributed by atoms with van der Waals surface area (Å²) in [6.45, 7) is 7.65. The normalized spacial score (nSPS) is 10.8. The number of ether oxygens (including phenoxy) is 2. The van der Waals surface area contributed by atoms with E-state index in [-0.39, 0.29) is 31.4 Å². The van der Waals surface area contributed by atoms with Crippen molar-refractivity contribution in [2.24, 2.45) is 0 Å². The number of aromatic hydroxyl groups is 2. The molecule has 38 heavy (non-hydrogen) atoms. The van der Waals surface area contributed by atoms with E-state index in [2.05, 4.69) is 0 Å². The molecule has 0 unspecified atom stereocenters. The van der Waals surface area contributed by atoms with Crippen LogP contribution in [0, 0.1) is 0 Å². The first kappa shape index (κ1) is 33.1. The molecule has 0 fully saturated rings. The van der Waals surface area contributed by atoms with Crippen molar-refractivity contribution in [1.29, 1.82) is 0 Å². The second kappa shape index (κ2) is 18.4. The van der Waals surface area contributed by atoms with Crippen LogP contribution in [0.25, 0.3) is 0 Å². The number of phenols is 2. The van der Waals surface area contributed by atoms with E-state index in [1.54, 1.807) is 6.92 Å². The molecular weight excluding hydrogens is 488 g/mol. The number of esters is 2. The first-order valence-electron chi connectivity index (χ1n) is 14.3. The second-order valence-corrected chi connectivity index (χ2v) is 9.62. The molecule has 0 bridgehead atoms. The summed E-state index contributed by atoms with van der Waals surface area (Å²) in [5, 5.41) is 21.8. The van der Waals surface area contributed by atoms with Gasteiger partial charge in [-0.2, -0.15) is 0 Å². The number of carbonyl (C=O) groups excluding carboxylic acids is 4. The highest BCUT2D eigenvalue weighted by Gasteiger charge is 2.36. The maximum absolute atomic E-state index is 13.5. The molecule has 0 radical (unpaired) electrons. The molecule has 8 nitrogen and oxygen atoms in total. The van der Waals surface area contributed by atoms with Gasteiger partial charge in [-0.25, -0.2) is 4.79 Å². The number of hydrogen-bond donors (Lipinski definition) is 2. The van der Waals surface area contributed by atoms with Crippen LogP contribution in [0.4, 0.5) is 0 Å². The molecule has 8 heteroatoms. The first-order chi connectivity index (χ1) is 18.2. The van der Waals surface area contributed by atoms with Gasteiger partial charge in [0, 0.05) is 19.3 Å². The third-order valence-corrected chi connectivity index (χ3v) is 6.41. The van der Waals surface area contributed by atoms with Crippen molar-refractivity contribution in [2.45, 2.75) is 124 Å². The fourth-order valence-electron chi connectivity index (χ4n) is 4.28. The van der Waals surface area contributed by atoms with Crippen LogP contribution in [-0.2, 0) is 9.53 Å². The van der Waals surface area contributed by atoms with Crippen LogP contribution in [0.1, 0.15) is 155 Å². The van der Waals surface area contributed by atoms with Crippen molar-refractivity contribution >= 4 is 23.5 Å². The van der Waals surface area contributed by atoms with Gasteiger partial charge in [-0.3, -0.25) is 14.4 Å². The Hall–Kier alpha value is -2.90. The van der Waals surface area contributed by atoms with Gasteiger partial charge >= 0.3 is 11.9 Å². The fourth-order valence-corrected chi connectivity index (χ4v) is 4.28. The van der Waals surface area contributed by atoms with Crippen LogP contribution in [0.3, 0.4) is 0 Å². The van der Waals surface area contributed by atoms with Crippen molar-refractivity contribution in [3.63, 3.8) is 0 Å². The first-order valence-corrected chi connectivity index (χ1v) is 14.3. The number of phenolic OH excluding ortho intramolecular Hbond substituents is 2. The number of hydrogen-bond acceptors (Lipinski definition) is 8. The maximum Gasteiger partial charge on any atom is 0.339 e. The van der Waals surface area contributed by atoms with Crippen molar-refractivity contribution in [3.05, 3.63) is 16.7 Å². The largest absolute Gasteiger partial charge is 0.504 e. The molecule has 0 atom stereocenters. The molecule has 0 saturated carbocycles. The van der Waals surface area contributed by atoms with Gasteiger partial charge < -0.3 is 19.7 Å². The van der Waals surface area contributed by atoms with Gasteiger partial charge in [0.05, 0.1) is 23.3 Å². The lowest BCUT2D eigenvalue weighted by Crippen LogP contribution is -2.21. The molecule has 214 valence electrons. The van der Waals surface area contributed by atoms with Gasteiger partial charge in [-0.1, -0.05) is 78.6 Å². The lowest BCUT2D eigenvalue weighted by molar-refractivity contribution is -0.134. The molecule has 0 saturated heterocycles. The monoisotopic (exact) mass is 534 g/mol. The zero-order valence-corrected chi connectivity index (χ0v) is 23.7. The van der Waals surface area contributed by atoms with Gasteiger partial charge in [0.15, 0.2) is 23.1 Å². The SMILES string of the molecule is CCCCCCC(=O)Oc1c(O)c(O)c(C(=O)CCCCCC)c(C(=O)OCC)c1C(=O)CCCCCC. The molecule has 0 aliphatic heterocycles. The van der Waals surface area contributed by atoms with Gasteiger partial charge in [0.25, 0.3) is 0 Å². The lowest BCUT2D eigenvalue weighted by Gasteiger charge is -2.19. The van der Waals surface area contributed by atoms with E-state index in [0.717, 1.165) is 57.8 Å². The minimum absolute atomic E-state index is 0.0140. The maximum atomic E-state index is 13.5. The highest BCUT2D eigenvalue weighted by atomic mass is 16.5. The quantitative estimate of drug-likeness (QED) is 0.0580. The highest BCUT2D eigenvalue weighted by Crippen LogP contribution is 2.46. The van der Waals surface area contributed by atoms with E-state index < -0.39 is 51.9 Å². The van der Waals surface area contributed by atoms with E-state index in [4.69, 9.17) is 9.47 Å². The van der Waals surface area contributed by atoms with Crippen LogP contribution in [0.2, 0.25) is 0 Å². The Kier molecular flexibility index (Phi) is 16.0. The van der Waals surface area contributed by atoms with E-state index in [1.165, 1.54) is 0 Å². The Morgan fingerprint density at radius 3 is 1.53 bits per heavy atom. The van der Waals surface area contributed by atoms with Crippen LogP contribution >= 0.6 is 0 Å². The van der Waals surface area contributed by atoms with E-state index in [1.807, 2.05) is 20.8 Å². The van der Waals surface area contributed by atoms with Crippen molar-refractivity contribution < 1.29 is 38.9 Å². The third kappa shape index (κ3) is 10.1. The summed E-state index contributed by atoms with van der Waals surface area (Å²) in [6, 6.07) is 0. The fraction of sp³-hybridized carbons (Fsp3) is 0.667.